The first-order chi connectivity index (χ1) is 9.27. The van der Waals surface area contributed by atoms with Gasteiger partial charge >= 0.3 is 5.97 Å². The van der Waals surface area contributed by atoms with E-state index in [0.717, 1.165) is 13.1 Å². The number of ether oxygens (including phenoxy) is 2. The van der Waals surface area contributed by atoms with E-state index in [1.54, 1.807) is 0 Å². The number of unbranched alkanes of at least 4 members (excludes halogenated alkanes) is 6. The molecular formula is C15H29NO3. The van der Waals surface area contributed by atoms with Crippen LogP contribution >= 0.6 is 0 Å². The zero-order chi connectivity index (χ0) is 13.9. The number of carbonyl (C=O) groups is 1. The van der Waals surface area contributed by atoms with Crippen LogP contribution in [-0.4, -0.2) is 50.3 Å². The van der Waals surface area contributed by atoms with Gasteiger partial charge in [-0.2, -0.15) is 0 Å². The first-order valence-corrected chi connectivity index (χ1v) is 7.69. The number of hydrogen-bond donors (Lipinski definition) is 0. The Balaban J connectivity index is 2.04. The highest BCUT2D eigenvalue weighted by Crippen LogP contribution is 2.10. The van der Waals surface area contributed by atoms with Crippen molar-refractivity contribution < 1.29 is 14.3 Å². The molecule has 0 aromatic heterocycles. The zero-order valence-electron chi connectivity index (χ0n) is 12.5. The molecule has 1 atom stereocenters. The minimum absolute atomic E-state index is 0.246. The summed E-state index contributed by atoms with van der Waals surface area (Å²) < 4.78 is 10.1. The lowest BCUT2D eigenvalue weighted by Crippen LogP contribution is -2.46. The van der Waals surface area contributed by atoms with Crippen molar-refractivity contribution >= 4 is 5.97 Å². The molecule has 0 spiro atoms. The number of hydrogen-bond acceptors (Lipinski definition) is 4. The van der Waals surface area contributed by atoms with Gasteiger partial charge in [-0.05, 0) is 13.0 Å². The number of rotatable bonds is 9. The van der Waals surface area contributed by atoms with Gasteiger partial charge in [0, 0.05) is 13.1 Å². The Morgan fingerprint density at radius 1 is 1.21 bits per heavy atom. The van der Waals surface area contributed by atoms with Crippen molar-refractivity contribution in [2.45, 2.75) is 58.0 Å². The van der Waals surface area contributed by atoms with Gasteiger partial charge in [-0.25, -0.2) is 4.79 Å². The molecule has 0 N–H and O–H groups in total. The van der Waals surface area contributed by atoms with E-state index < -0.39 is 0 Å². The fourth-order valence-electron chi connectivity index (χ4n) is 2.47. The summed E-state index contributed by atoms with van der Waals surface area (Å²) in [4.78, 5) is 13.7. The Morgan fingerprint density at radius 2 is 1.89 bits per heavy atom. The molecule has 0 aromatic rings. The molecule has 1 heterocycles. The predicted molar refractivity (Wildman–Crippen MR) is 76.2 cm³/mol. The standard InChI is InChI=1S/C15H29NO3/c1-3-4-5-6-7-8-9-10-16-11-12-19-14(13-16)15(17)18-2/h14H,3-13H2,1-2H3. The molecule has 1 fully saturated rings. The SMILES string of the molecule is CCCCCCCCCN1CCOC(C(=O)OC)C1. The lowest BCUT2D eigenvalue weighted by atomic mass is 10.1. The summed E-state index contributed by atoms with van der Waals surface area (Å²) in [5.74, 6) is -0.246. The van der Waals surface area contributed by atoms with Crippen molar-refractivity contribution in [2.75, 3.05) is 33.4 Å². The Kier molecular flexibility index (Phi) is 8.84. The van der Waals surface area contributed by atoms with E-state index in [4.69, 9.17) is 9.47 Å². The number of esters is 1. The molecule has 0 saturated carbocycles. The second kappa shape index (κ2) is 10.2. The minimum Gasteiger partial charge on any atom is -0.467 e. The molecule has 0 radical (unpaired) electrons. The summed E-state index contributed by atoms with van der Waals surface area (Å²) in [5, 5.41) is 0. The number of morpholine rings is 1. The van der Waals surface area contributed by atoms with E-state index in [2.05, 4.69) is 11.8 Å². The molecule has 1 unspecified atom stereocenters. The molecule has 1 rings (SSSR count). The van der Waals surface area contributed by atoms with Gasteiger partial charge in [0.1, 0.15) is 0 Å². The lowest BCUT2D eigenvalue weighted by molar-refractivity contribution is -0.159. The van der Waals surface area contributed by atoms with Crippen molar-refractivity contribution in [3.8, 4) is 0 Å². The van der Waals surface area contributed by atoms with E-state index in [0.29, 0.717) is 13.2 Å². The van der Waals surface area contributed by atoms with Crippen molar-refractivity contribution in [2.24, 2.45) is 0 Å². The van der Waals surface area contributed by atoms with Crippen LogP contribution in [-0.2, 0) is 14.3 Å². The van der Waals surface area contributed by atoms with Crippen LogP contribution in [0.15, 0.2) is 0 Å². The van der Waals surface area contributed by atoms with Gasteiger partial charge in [-0.3, -0.25) is 4.90 Å². The van der Waals surface area contributed by atoms with Crippen LogP contribution in [0.4, 0.5) is 0 Å². The summed E-state index contributed by atoms with van der Waals surface area (Å²) in [6.07, 6.45) is 8.88. The second-order valence-electron chi connectivity index (χ2n) is 5.30. The van der Waals surface area contributed by atoms with Crippen molar-refractivity contribution in [3.63, 3.8) is 0 Å². The van der Waals surface area contributed by atoms with Crippen LogP contribution < -0.4 is 0 Å². The molecular weight excluding hydrogens is 242 g/mol. The quantitative estimate of drug-likeness (QED) is 0.477. The molecule has 19 heavy (non-hydrogen) atoms. The Morgan fingerprint density at radius 3 is 2.58 bits per heavy atom. The third kappa shape index (κ3) is 6.92. The monoisotopic (exact) mass is 271 g/mol. The van der Waals surface area contributed by atoms with Gasteiger partial charge in [0.15, 0.2) is 6.10 Å². The zero-order valence-corrected chi connectivity index (χ0v) is 12.5. The maximum atomic E-state index is 11.4. The highest BCUT2D eigenvalue weighted by molar-refractivity contribution is 5.74. The summed E-state index contributed by atoms with van der Waals surface area (Å²) in [6, 6.07) is 0. The highest BCUT2D eigenvalue weighted by Gasteiger charge is 2.26. The average Bonchev–Trinajstić information content (AvgIpc) is 2.46. The van der Waals surface area contributed by atoms with E-state index in [9.17, 15) is 4.79 Å². The Hall–Kier alpha value is -0.610. The third-order valence-corrected chi connectivity index (χ3v) is 3.69. The first-order valence-electron chi connectivity index (χ1n) is 7.69. The van der Waals surface area contributed by atoms with Crippen LogP contribution in [0.1, 0.15) is 51.9 Å². The topological polar surface area (TPSA) is 38.8 Å². The number of methoxy groups -OCH3 is 1. The molecule has 1 aliphatic heterocycles. The van der Waals surface area contributed by atoms with Gasteiger partial charge < -0.3 is 9.47 Å². The summed E-state index contributed by atoms with van der Waals surface area (Å²) in [7, 11) is 1.42. The van der Waals surface area contributed by atoms with Gasteiger partial charge in [0.05, 0.1) is 13.7 Å². The van der Waals surface area contributed by atoms with Crippen molar-refractivity contribution in [1.82, 2.24) is 4.90 Å². The first kappa shape index (κ1) is 16.4. The molecule has 4 heteroatoms. The van der Waals surface area contributed by atoms with E-state index in [1.165, 1.54) is 52.1 Å². The molecule has 0 aliphatic carbocycles. The van der Waals surface area contributed by atoms with Crippen LogP contribution in [0.3, 0.4) is 0 Å². The Bertz CT molecular complexity index is 246. The second-order valence-corrected chi connectivity index (χ2v) is 5.30. The normalized spacial score (nSPS) is 20.4. The lowest BCUT2D eigenvalue weighted by Gasteiger charge is -2.31. The fourth-order valence-corrected chi connectivity index (χ4v) is 2.47. The van der Waals surface area contributed by atoms with Gasteiger partial charge in [-0.1, -0.05) is 45.4 Å². The summed E-state index contributed by atoms with van der Waals surface area (Å²) in [6.45, 7) is 5.57. The van der Waals surface area contributed by atoms with Crippen molar-refractivity contribution in [3.05, 3.63) is 0 Å². The van der Waals surface area contributed by atoms with Crippen molar-refractivity contribution in [1.29, 1.82) is 0 Å². The fraction of sp³-hybridized carbons (Fsp3) is 0.933. The summed E-state index contributed by atoms with van der Waals surface area (Å²) in [5.41, 5.74) is 0. The minimum atomic E-state index is -0.386. The van der Waals surface area contributed by atoms with E-state index in [1.807, 2.05) is 0 Å². The smallest absolute Gasteiger partial charge is 0.336 e. The molecule has 1 aliphatic rings. The molecule has 4 nitrogen and oxygen atoms in total. The average molecular weight is 271 g/mol. The predicted octanol–water partition coefficient (Wildman–Crippen LogP) is 2.61. The molecule has 0 bridgehead atoms. The maximum absolute atomic E-state index is 11.4. The van der Waals surface area contributed by atoms with E-state index >= 15 is 0 Å². The Labute approximate surface area is 117 Å². The van der Waals surface area contributed by atoms with Crippen LogP contribution in [0.2, 0.25) is 0 Å². The van der Waals surface area contributed by atoms with Gasteiger partial charge in [0.25, 0.3) is 0 Å². The maximum Gasteiger partial charge on any atom is 0.336 e. The van der Waals surface area contributed by atoms with E-state index in [-0.39, 0.29) is 12.1 Å². The molecule has 0 aromatic carbocycles. The number of carbonyl (C=O) groups excluding carboxylic acids is 1. The molecule has 1 saturated heterocycles. The summed E-state index contributed by atoms with van der Waals surface area (Å²) >= 11 is 0. The number of nitrogens with zero attached hydrogens (tertiary/aromatic N) is 1. The van der Waals surface area contributed by atoms with Crippen LogP contribution in [0, 0.1) is 0 Å². The van der Waals surface area contributed by atoms with Crippen LogP contribution in [0.25, 0.3) is 0 Å². The molecule has 112 valence electrons. The third-order valence-electron chi connectivity index (χ3n) is 3.69. The highest BCUT2D eigenvalue weighted by atomic mass is 16.6. The van der Waals surface area contributed by atoms with Crippen LogP contribution in [0.5, 0.6) is 0 Å². The van der Waals surface area contributed by atoms with Gasteiger partial charge in [-0.15, -0.1) is 0 Å². The molecule has 0 amide bonds. The largest absolute Gasteiger partial charge is 0.467 e. The van der Waals surface area contributed by atoms with Gasteiger partial charge in [0.2, 0.25) is 0 Å².